The molecular formula is C19H19N5O3S2. The molecule has 0 bridgehead atoms. The van der Waals surface area contributed by atoms with Gasteiger partial charge in [-0.25, -0.2) is 28.1 Å². The lowest BCUT2D eigenvalue weighted by atomic mass is 10.3. The van der Waals surface area contributed by atoms with E-state index in [0.717, 1.165) is 5.03 Å². The zero-order valence-electron chi connectivity index (χ0n) is 15.7. The van der Waals surface area contributed by atoms with E-state index in [-0.39, 0.29) is 22.0 Å². The number of sulfonamides is 1. The first-order valence-corrected chi connectivity index (χ1v) is 11.0. The molecule has 1 atom stereocenters. The van der Waals surface area contributed by atoms with Gasteiger partial charge in [-0.3, -0.25) is 4.79 Å². The van der Waals surface area contributed by atoms with E-state index in [9.17, 15) is 13.2 Å². The summed E-state index contributed by atoms with van der Waals surface area (Å²) in [5.41, 5.74) is 1.14. The Morgan fingerprint density at radius 1 is 1.03 bits per heavy atom. The third kappa shape index (κ3) is 5.75. The second kappa shape index (κ2) is 9.01. The highest BCUT2D eigenvalue weighted by atomic mass is 32.2. The Labute approximate surface area is 173 Å². The summed E-state index contributed by atoms with van der Waals surface area (Å²) in [6.45, 7) is 3.52. The van der Waals surface area contributed by atoms with Gasteiger partial charge >= 0.3 is 0 Å². The van der Waals surface area contributed by atoms with Crippen molar-refractivity contribution in [3.8, 4) is 0 Å². The molecule has 8 nitrogen and oxygen atoms in total. The Balaban J connectivity index is 1.64. The number of anilines is 2. The number of thioether (sulfide) groups is 1. The van der Waals surface area contributed by atoms with Gasteiger partial charge in [-0.05, 0) is 56.3 Å². The summed E-state index contributed by atoms with van der Waals surface area (Å²) >= 11 is 1.34. The monoisotopic (exact) mass is 429 g/mol. The maximum Gasteiger partial charge on any atom is 0.264 e. The van der Waals surface area contributed by atoms with Crippen LogP contribution < -0.4 is 10.0 Å². The molecule has 0 aliphatic heterocycles. The molecule has 2 aromatic heterocycles. The standard InChI is InChI=1S/C19H19N5O3S2/c1-13-10-12-21-19(22-13)24-29(26,27)16-8-6-15(7-9-16)23-18(25)14(2)28-17-5-3-4-11-20-17/h3-12,14H,1-2H3,(H,23,25)(H,21,22,24). The first kappa shape index (κ1) is 20.7. The number of rotatable bonds is 7. The van der Waals surface area contributed by atoms with Gasteiger partial charge in [0.15, 0.2) is 0 Å². The molecule has 2 heterocycles. The topological polar surface area (TPSA) is 114 Å². The van der Waals surface area contributed by atoms with E-state index in [0.29, 0.717) is 11.4 Å². The summed E-state index contributed by atoms with van der Waals surface area (Å²) in [6, 6.07) is 13.0. The van der Waals surface area contributed by atoms with Crippen molar-refractivity contribution < 1.29 is 13.2 Å². The Morgan fingerprint density at radius 2 is 1.79 bits per heavy atom. The quantitative estimate of drug-likeness (QED) is 0.555. The van der Waals surface area contributed by atoms with Crippen molar-refractivity contribution in [3.05, 3.63) is 66.6 Å². The fraction of sp³-hybridized carbons (Fsp3) is 0.158. The van der Waals surface area contributed by atoms with E-state index in [1.54, 1.807) is 26.1 Å². The number of aryl methyl sites for hydroxylation is 1. The minimum atomic E-state index is -3.83. The smallest absolute Gasteiger partial charge is 0.264 e. The molecule has 3 aromatic rings. The number of carbonyl (C=O) groups is 1. The van der Waals surface area contributed by atoms with Crippen LogP contribution in [0.4, 0.5) is 11.6 Å². The molecule has 3 rings (SSSR count). The van der Waals surface area contributed by atoms with Crippen molar-refractivity contribution in [1.29, 1.82) is 0 Å². The van der Waals surface area contributed by atoms with Gasteiger partial charge in [0, 0.05) is 23.8 Å². The molecule has 1 aromatic carbocycles. The normalized spacial score (nSPS) is 12.2. The number of aromatic nitrogens is 3. The van der Waals surface area contributed by atoms with E-state index < -0.39 is 10.0 Å². The predicted octanol–water partition coefficient (Wildman–Crippen LogP) is 3.10. The molecule has 0 saturated carbocycles. The first-order valence-electron chi connectivity index (χ1n) is 8.64. The molecule has 150 valence electrons. The van der Waals surface area contributed by atoms with Crippen LogP contribution in [-0.2, 0) is 14.8 Å². The summed E-state index contributed by atoms with van der Waals surface area (Å²) in [5.74, 6) is -0.203. The Bertz CT molecular complexity index is 1090. The molecule has 0 radical (unpaired) electrons. The van der Waals surface area contributed by atoms with E-state index in [2.05, 4.69) is 25.0 Å². The maximum absolute atomic E-state index is 12.5. The van der Waals surface area contributed by atoms with Crippen molar-refractivity contribution >= 4 is 39.3 Å². The fourth-order valence-corrected chi connectivity index (χ4v) is 4.05. The third-order valence-corrected chi connectivity index (χ3v) is 6.15. The van der Waals surface area contributed by atoms with Crippen molar-refractivity contribution in [2.24, 2.45) is 0 Å². The number of carbonyl (C=O) groups excluding carboxylic acids is 1. The third-order valence-electron chi connectivity index (χ3n) is 3.76. The van der Waals surface area contributed by atoms with Crippen molar-refractivity contribution in [2.75, 3.05) is 10.0 Å². The van der Waals surface area contributed by atoms with Gasteiger partial charge in [0.25, 0.3) is 10.0 Å². The number of hydrogen-bond acceptors (Lipinski definition) is 7. The Hall–Kier alpha value is -2.98. The zero-order valence-corrected chi connectivity index (χ0v) is 17.4. The van der Waals surface area contributed by atoms with Crippen molar-refractivity contribution in [3.63, 3.8) is 0 Å². The van der Waals surface area contributed by atoms with E-state index in [1.165, 1.54) is 42.2 Å². The molecule has 1 amide bonds. The zero-order chi connectivity index (χ0) is 20.9. The highest BCUT2D eigenvalue weighted by Gasteiger charge is 2.18. The summed E-state index contributed by atoms with van der Waals surface area (Å²) in [7, 11) is -3.83. The van der Waals surface area contributed by atoms with Gasteiger partial charge in [0.1, 0.15) is 0 Å². The number of nitrogens with zero attached hydrogens (tertiary/aromatic N) is 3. The second-order valence-corrected chi connectivity index (χ2v) is 9.11. The SMILES string of the molecule is Cc1ccnc(NS(=O)(=O)c2ccc(NC(=O)C(C)Sc3ccccn3)cc2)n1. The van der Waals surface area contributed by atoms with E-state index in [1.807, 2.05) is 18.2 Å². The summed E-state index contributed by atoms with van der Waals surface area (Å²) in [6.07, 6.45) is 3.14. The van der Waals surface area contributed by atoms with Crippen LogP contribution in [0, 0.1) is 6.92 Å². The van der Waals surface area contributed by atoms with Crippen LogP contribution in [0.2, 0.25) is 0 Å². The van der Waals surface area contributed by atoms with Gasteiger partial charge in [-0.2, -0.15) is 0 Å². The minimum Gasteiger partial charge on any atom is -0.325 e. The minimum absolute atomic E-state index is 0.00255. The Morgan fingerprint density at radius 3 is 2.45 bits per heavy atom. The molecule has 0 saturated heterocycles. The number of pyridine rings is 1. The van der Waals surface area contributed by atoms with Gasteiger partial charge < -0.3 is 5.32 Å². The lowest BCUT2D eigenvalue weighted by Gasteiger charge is -2.12. The molecule has 10 heteroatoms. The maximum atomic E-state index is 12.5. The number of benzene rings is 1. The van der Waals surface area contributed by atoms with Crippen LogP contribution >= 0.6 is 11.8 Å². The molecule has 0 fully saturated rings. The fourth-order valence-electron chi connectivity index (χ4n) is 2.29. The highest BCUT2D eigenvalue weighted by Crippen LogP contribution is 2.22. The summed E-state index contributed by atoms with van der Waals surface area (Å²) in [4.78, 5) is 24.5. The molecule has 0 aliphatic rings. The van der Waals surface area contributed by atoms with Crippen LogP contribution in [-0.4, -0.2) is 34.5 Å². The lowest BCUT2D eigenvalue weighted by molar-refractivity contribution is -0.115. The lowest BCUT2D eigenvalue weighted by Crippen LogP contribution is -2.22. The summed E-state index contributed by atoms with van der Waals surface area (Å²) < 4.78 is 27.3. The molecule has 2 N–H and O–H groups in total. The van der Waals surface area contributed by atoms with E-state index in [4.69, 9.17) is 0 Å². The molecule has 0 spiro atoms. The van der Waals surface area contributed by atoms with Gasteiger partial charge in [0.05, 0.1) is 15.2 Å². The number of nitrogens with one attached hydrogen (secondary N) is 2. The first-order chi connectivity index (χ1) is 13.8. The second-order valence-electron chi connectivity index (χ2n) is 6.07. The van der Waals surface area contributed by atoms with E-state index >= 15 is 0 Å². The van der Waals surface area contributed by atoms with Crippen LogP contribution in [0.3, 0.4) is 0 Å². The largest absolute Gasteiger partial charge is 0.325 e. The van der Waals surface area contributed by atoms with Crippen LogP contribution in [0.15, 0.2) is 70.8 Å². The van der Waals surface area contributed by atoms with Gasteiger partial charge in [-0.1, -0.05) is 17.8 Å². The summed E-state index contributed by atoms with van der Waals surface area (Å²) in [5, 5.41) is 3.15. The van der Waals surface area contributed by atoms with Crippen LogP contribution in [0.25, 0.3) is 0 Å². The highest BCUT2D eigenvalue weighted by molar-refractivity contribution is 8.00. The number of amides is 1. The van der Waals surface area contributed by atoms with Crippen molar-refractivity contribution in [2.45, 2.75) is 29.0 Å². The van der Waals surface area contributed by atoms with Gasteiger partial charge in [0.2, 0.25) is 11.9 Å². The average molecular weight is 430 g/mol. The van der Waals surface area contributed by atoms with Crippen molar-refractivity contribution in [1.82, 2.24) is 15.0 Å². The molecular weight excluding hydrogens is 410 g/mol. The van der Waals surface area contributed by atoms with Crippen LogP contribution in [0.5, 0.6) is 0 Å². The van der Waals surface area contributed by atoms with Gasteiger partial charge in [-0.15, -0.1) is 0 Å². The number of hydrogen-bond donors (Lipinski definition) is 2. The average Bonchev–Trinajstić information content (AvgIpc) is 2.69. The Kier molecular flexibility index (Phi) is 6.45. The molecule has 29 heavy (non-hydrogen) atoms. The predicted molar refractivity (Wildman–Crippen MR) is 112 cm³/mol. The molecule has 1 unspecified atom stereocenters. The van der Waals surface area contributed by atoms with Crippen LogP contribution in [0.1, 0.15) is 12.6 Å². The molecule has 0 aliphatic carbocycles.